The minimum absolute atomic E-state index is 0.245. The Labute approximate surface area is 195 Å². The first-order valence-electron chi connectivity index (χ1n) is 10.9. The first-order chi connectivity index (χ1) is 16.6. The Balaban J connectivity index is 1.49. The van der Waals surface area contributed by atoms with Crippen molar-refractivity contribution in [3.05, 3.63) is 85.1 Å². The molecule has 4 aromatic heterocycles. The molecule has 0 saturated heterocycles. The van der Waals surface area contributed by atoms with Crippen LogP contribution in [0.2, 0.25) is 0 Å². The molecule has 7 heteroatoms. The Hall–Kier alpha value is -4.52. The highest BCUT2D eigenvalue weighted by Crippen LogP contribution is 2.35. The second-order valence-electron chi connectivity index (χ2n) is 8.45. The Kier molecular flexibility index (Phi) is 4.62. The lowest BCUT2D eigenvalue weighted by Gasteiger charge is -2.12. The van der Waals surface area contributed by atoms with E-state index < -0.39 is 0 Å². The predicted molar refractivity (Wildman–Crippen MR) is 134 cm³/mol. The van der Waals surface area contributed by atoms with Gasteiger partial charge in [-0.25, -0.2) is 9.37 Å². The molecule has 0 bridgehead atoms. The Morgan fingerprint density at radius 3 is 2.50 bits per heavy atom. The molecule has 0 spiro atoms. The number of anilines is 1. The lowest BCUT2D eigenvalue weighted by atomic mass is 10.0. The third kappa shape index (κ3) is 3.29. The van der Waals surface area contributed by atoms with E-state index in [1.165, 1.54) is 6.07 Å². The van der Waals surface area contributed by atoms with Crippen LogP contribution in [0.3, 0.4) is 0 Å². The number of fused-ring (bicyclic) bond motifs is 2. The number of nitrogens with zero attached hydrogens (tertiary/aromatic N) is 4. The summed E-state index contributed by atoms with van der Waals surface area (Å²) in [5.74, 6) is -0.245. The van der Waals surface area contributed by atoms with Crippen molar-refractivity contribution in [3.8, 4) is 33.6 Å². The molecule has 166 valence electrons. The highest BCUT2D eigenvalue weighted by molar-refractivity contribution is 6.01. The van der Waals surface area contributed by atoms with Gasteiger partial charge in [0.25, 0.3) is 0 Å². The van der Waals surface area contributed by atoms with Gasteiger partial charge in [-0.3, -0.25) is 10.1 Å². The fourth-order valence-electron chi connectivity index (χ4n) is 4.29. The number of halogens is 1. The van der Waals surface area contributed by atoms with E-state index in [9.17, 15) is 4.39 Å². The molecule has 0 aliphatic carbocycles. The van der Waals surface area contributed by atoms with E-state index in [4.69, 9.17) is 0 Å². The summed E-state index contributed by atoms with van der Waals surface area (Å²) in [5.41, 5.74) is 7.57. The first-order valence-corrected chi connectivity index (χ1v) is 10.9. The normalized spacial score (nSPS) is 11.4. The Morgan fingerprint density at radius 2 is 1.65 bits per heavy atom. The summed E-state index contributed by atoms with van der Waals surface area (Å²) in [6, 6.07) is 18.9. The zero-order chi connectivity index (χ0) is 23.2. The van der Waals surface area contributed by atoms with Crippen LogP contribution in [-0.4, -0.2) is 39.2 Å². The fourth-order valence-corrected chi connectivity index (χ4v) is 4.29. The highest BCUT2D eigenvalue weighted by Gasteiger charge is 2.16. The summed E-state index contributed by atoms with van der Waals surface area (Å²) in [7, 11) is 3.98. The van der Waals surface area contributed by atoms with E-state index in [0.29, 0.717) is 11.2 Å². The molecule has 0 fully saturated rings. The predicted octanol–water partition coefficient (Wildman–Crippen LogP) is 6.04. The zero-order valence-electron chi connectivity index (χ0n) is 18.7. The number of benzene rings is 2. The largest absolute Gasteiger partial charge is 0.376 e. The molecule has 0 aliphatic rings. The van der Waals surface area contributed by atoms with Crippen molar-refractivity contribution in [2.75, 3.05) is 19.0 Å². The molecule has 6 aromatic rings. The van der Waals surface area contributed by atoms with Crippen molar-refractivity contribution in [1.29, 1.82) is 0 Å². The number of aromatic amines is 2. The maximum absolute atomic E-state index is 14.5. The molecule has 4 heterocycles. The second-order valence-corrected chi connectivity index (χ2v) is 8.45. The zero-order valence-corrected chi connectivity index (χ0v) is 18.7. The SMILES string of the molecule is CN(C)c1cncc(-c2cnc3[nH]nc(-c4cc5c(-c6ccccc6F)cccc5[nH]4)c3c2)c1. The van der Waals surface area contributed by atoms with Gasteiger partial charge in [0.05, 0.1) is 17.6 Å². The van der Waals surface area contributed by atoms with Gasteiger partial charge in [0.15, 0.2) is 5.65 Å². The summed E-state index contributed by atoms with van der Waals surface area (Å²) in [5, 5.41) is 9.41. The number of H-pyrrole nitrogens is 2. The van der Waals surface area contributed by atoms with E-state index >= 15 is 0 Å². The van der Waals surface area contributed by atoms with Crippen LogP contribution < -0.4 is 4.90 Å². The third-order valence-corrected chi connectivity index (χ3v) is 6.07. The minimum Gasteiger partial charge on any atom is -0.376 e. The number of aromatic nitrogens is 5. The third-order valence-electron chi connectivity index (χ3n) is 6.07. The van der Waals surface area contributed by atoms with Crippen LogP contribution in [0.15, 0.2) is 79.3 Å². The molecule has 6 nitrogen and oxygen atoms in total. The van der Waals surface area contributed by atoms with E-state index in [2.05, 4.69) is 37.3 Å². The van der Waals surface area contributed by atoms with Crippen LogP contribution >= 0.6 is 0 Å². The second kappa shape index (κ2) is 7.81. The van der Waals surface area contributed by atoms with Gasteiger partial charge in [-0.15, -0.1) is 0 Å². The van der Waals surface area contributed by atoms with Crippen LogP contribution in [0.25, 0.3) is 55.6 Å². The summed E-state index contributed by atoms with van der Waals surface area (Å²) >= 11 is 0. The number of pyridine rings is 2. The fraction of sp³-hybridized carbons (Fsp3) is 0.0741. The van der Waals surface area contributed by atoms with Crippen molar-refractivity contribution in [2.24, 2.45) is 0 Å². The van der Waals surface area contributed by atoms with Crippen molar-refractivity contribution >= 4 is 27.6 Å². The van der Waals surface area contributed by atoms with Crippen LogP contribution in [0.1, 0.15) is 0 Å². The average Bonchev–Trinajstić information content (AvgIpc) is 3.48. The van der Waals surface area contributed by atoms with E-state index in [1.807, 2.05) is 67.9 Å². The average molecular weight is 449 g/mol. The maximum atomic E-state index is 14.5. The summed E-state index contributed by atoms with van der Waals surface area (Å²) in [6.07, 6.45) is 5.48. The van der Waals surface area contributed by atoms with Crippen LogP contribution in [0.4, 0.5) is 10.1 Å². The monoisotopic (exact) mass is 448 g/mol. The van der Waals surface area contributed by atoms with Gasteiger partial charge in [0.1, 0.15) is 11.5 Å². The van der Waals surface area contributed by atoms with Crippen molar-refractivity contribution in [3.63, 3.8) is 0 Å². The van der Waals surface area contributed by atoms with Crippen molar-refractivity contribution in [2.45, 2.75) is 0 Å². The maximum Gasteiger partial charge on any atom is 0.155 e. The smallest absolute Gasteiger partial charge is 0.155 e. The molecule has 34 heavy (non-hydrogen) atoms. The number of nitrogens with one attached hydrogen (secondary N) is 2. The van der Waals surface area contributed by atoms with Gasteiger partial charge >= 0.3 is 0 Å². The highest BCUT2D eigenvalue weighted by atomic mass is 19.1. The van der Waals surface area contributed by atoms with Crippen LogP contribution in [0.5, 0.6) is 0 Å². The molecule has 0 atom stereocenters. The molecule has 0 aliphatic heterocycles. The lowest BCUT2D eigenvalue weighted by Crippen LogP contribution is -2.08. The van der Waals surface area contributed by atoms with Gasteiger partial charge in [-0.05, 0) is 35.9 Å². The van der Waals surface area contributed by atoms with Crippen LogP contribution in [0, 0.1) is 5.82 Å². The number of hydrogen-bond acceptors (Lipinski definition) is 4. The van der Waals surface area contributed by atoms with E-state index in [0.717, 1.165) is 50.1 Å². The molecule has 2 N–H and O–H groups in total. The standard InChI is InChI=1S/C27H21FN6/c1-34(2)18-10-16(13-29-15-18)17-11-22-26(32-33-27(22)30-14-17)25-12-21-19(7-5-9-24(21)31-25)20-6-3-4-8-23(20)28/h3-15,31H,1-2H3,(H,30,32,33). The topological polar surface area (TPSA) is 73.5 Å². The lowest BCUT2D eigenvalue weighted by molar-refractivity contribution is 0.631. The van der Waals surface area contributed by atoms with Gasteiger partial charge in [0.2, 0.25) is 0 Å². The molecule has 0 radical (unpaired) electrons. The van der Waals surface area contributed by atoms with Gasteiger partial charge in [-0.2, -0.15) is 5.10 Å². The molecule has 0 unspecified atom stereocenters. The molecule has 0 amide bonds. The molecular formula is C27H21FN6. The molecule has 2 aromatic carbocycles. The molecule has 6 rings (SSSR count). The van der Waals surface area contributed by atoms with Crippen molar-refractivity contribution in [1.82, 2.24) is 25.1 Å². The Morgan fingerprint density at radius 1 is 0.824 bits per heavy atom. The molecular weight excluding hydrogens is 427 g/mol. The van der Waals surface area contributed by atoms with Gasteiger partial charge in [-0.1, -0.05) is 30.3 Å². The minimum atomic E-state index is -0.245. The van der Waals surface area contributed by atoms with Crippen molar-refractivity contribution < 1.29 is 4.39 Å². The summed E-state index contributed by atoms with van der Waals surface area (Å²) < 4.78 is 14.5. The number of rotatable bonds is 4. The van der Waals surface area contributed by atoms with Gasteiger partial charge < -0.3 is 9.88 Å². The quantitative estimate of drug-likeness (QED) is 0.345. The first kappa shape index (κ1) is 20.1. The van der Waals surface area contributed by atoms with E-state index in [1.54, 1.807) is 12.1 Å². The summed E-state index contributed by atoms with van der Waals surface area (Å²) in [4.78, 5) is 14.4. The molecule has 0 saturated carbocycles. The van der Waals surface area contributed by atoms with Crippen LogP contribution in [-0.2, 0) is 0 Å². The number of hydrogen-bond donors (Lipinski definition) is 2. The summed E-state index contributed by atoms with van der Waals surface area (Å²) in [6.45, 7) is 0. The van der Waals surface area contributed by atoms with Gasteiger partial charge in [0, 0.05) is 59.5 Å². The van der Waals surface area contributed by atoms with E-state index in [-0.39, 0.29) is 5.82 Å². The Bertz CT molecular complexity index is 1660.